The van der Waals surface area contributed by atoms with Gasteiger partial charge in [0.15, 0.2) is 5.16 Å². The highest BCUT2D eigenvalue weighted by atomic mass is 32.2. The highest BCUT2D eigenvalue weighted by Gasteiger charge is 2.27. The summed E-state index contributed by atoms with van der Waals surface area (Å²) in [6.45, 7) is 3.90. The molecular formula is C15H22N4OS. The van der Waals surface area contributed by atoms with Gasteiger partial charge >= 0.3 is 0 Å². The molecule has 1 unspecified atom stereocenters. The first kappa shape index (κ1) is 15.9. The third-order valence-electron chi connectivity index (χ3n) is 3.77. The molecule has 21 heavy (non-hydrogen) atoms. The number of carbonyl (C=O) groups is 1. The zero-order valence-electron chi connectivity index (χ0n) is 12.7. The number of carbonyl (C=O) groups excluding carboxylic acids is 1. The van der Waals surface area contributed by atoms with Crippen LogP contribution in [0.25, 0.3) is 11.0 Å². The summed E-state index contributed by atoms with van der Waals surface area (Å²) < 4.78 is 0. The Balaban J connectivity index is 1.89. The highest BCUT2D eigenvalue weighted by molar-refractivity contribution is 7.99. The molecule has 0 aliphatic heterocycles. The number of hydrogen-bond donors (Lipinski definition) is 3. The fourth-order valence-corrected chi connectivity index (χ4v) is 2.96. The van der Waals surface area contributed by atoms with Crippen molar-refractivity contribution in [2.45, 2.75) is 37.4 Å². The maximum absolute atomic E-state index is 11.4. The Bertz CT molecular complexity index is 640. The molecule has 0 spiro atoms. The summed E-state index contributed by atoms with van der Waals surface area (Å²) in [6, 6.07) is 6.18. The van der Waals surface area contributed by atoms with Gasteiger partial charge in [-0.1, -0.05) is 17.8 Å². The lowest BCUT2D eigenvalue weighted by Gasteiger charge is -2.25. The SMILES string of the molecule is CNC(C)(CCCSc1nc2ccc(C)cc2[nH]1)C(N)=O. The number of H-pyrrole nitrogens is 1. The molecule has 5 nitrogen and oxygen atoms in total. The molecule has 0 saturated heterocycles. The number of amides is 1. The summed E-state index contributed by atoms with van der Waals surface area (Å²) in [5.41, 5.74) is 8.05. The normalized spacial score (nSPS) is 14.2. The Morgan fingerprint density at radius 2 is 2.29 bits per heavy atom. The second kappa shape index (κ2) is 6.49. The predicted octanol–water partition coefficient (Wildman–Crippen LogP) is 2.21. The summed E-state index contributed by atoms with van der Waals surface area (Å²) in [4.78, 5) is 19.3. The van der Waals surface area contributed by atoms with Crippen LogP contribution < -0.4 is 11.1 Å². The summed E-state index contributed by atoms with van der Waals surface area (Å²) in [7, 11) is 1.76. The first-order valence-electron chi connectivity index (χ1n) is 7.02. The largest absolute Gasteiger partial charge is 0.368 e. The van der Waals surface area contributed by atoms with Crippen molar-refractivity contribution in [3.63, 3.8) is 0 Å². The highest BCUT2D eigenvalue weighted by Crippen LogP contribution is 2.22. The van der Waals surface area contributed by atoms with Crippen LogP contribution in [0.1, 0.15) is 25.3 Å². The fraction of sp³-hybridized carbons (Fsp3) is 0.467. The molecule has 0 aliphatic carbocycles. The number of rotatable bonds is 7. The van der Waals surface area contributed by atoms with Gasteiger partial charge in [0.25, 0.3) is 0 Å². The van der Waals surface area contributed by atoms with Crippen LogP contribution in [0, 0.1) is 6.92 Å². The lowest BCUT2D eigenvalue weighted by molar-refractivity contribution is -0.123. The molecule has 0 fully saturated rings. The monoisotopic (exact) mass is 306 g/mol. The van der Waals surface area contributed by atoms with Crippen molar-refractivity contribution >= 4 is 28.7 Å². The van der Waals surface area contributed by atoms with Crippen molar-refractivity contribution in [2.75, 3.05) is 12.8 Å². The number of aryl methyl sites for hydroxylation is 1. The van der Waals surface area contributed by atoms with E-state index in [1.165, 1.54) is 5.56 Å². The van der Waals surface area contributed by atoms with E-state index in [0.717, 1.165) is 28.4 Å². The minimum absolute atomic E-state index is 0.311. The number of hydrogen-bond acceptors (Lipinski definition) is 4. The number of nitrogens with two attached hydrogens (primary N) is 1. The second-order valence-electron chi connectivity index (χ2n) is 5.46. The Hall–Kier alpha value is -1.53. The standard InChI is InChI=1S/C15H22N4OS/c1-10-5-6-11-12(9-10)19-14(18-11)21-8-4-7-15(2,17-3)13(16)20/h5-6,9,17H,4,7-8H2,1-3H3,(H2,16,20)(H,18,19). The van der Waals surface area contributed by atoms with E-state index in [1.54, 1.807) is 18.8 Å². The molecule has 2 rings (SSSR count). The van der Waals surface area contributed by atoms with Gasteiger partial charge in [-0.25, -0.2) is 4.98 Å². The van der Waals surface area contributed by atoms with E-state index in [9.17, 15) is 4.79 Å². The van der Waals surface area contributed by atoms with Gasteiger partial charge in [-0.3, -0.25) is 4.79 Å². The van der Waals surface area contributed by atoms with Crippen LogP contribution in [-0.2, 0) is 4.79 Å². The molecule has 0 bridgehead atoms. The van der Waals surface area contributed by atoms with Crippen LogP contribution >= 0.6 is 11.8 Å². The van der Waals surface area contributed by atoms with Crippen molar-refractivity contribution in [3.8, 4) is 0 Å². The van der Waals surface area contributed by atoms with Gasteiger partial charge < -0.3 is 16.0 Å². The van der Waals surface area contributed by atoms with Crippen LogP contribution in [0.15, 0.2) is 23.4 Å². The van der Waals surface area contributed by atoms with E-state index in [0.29, 0.717) is 6.42 Å². The maximum Gasteiger partial charge on any atom is 0.237 e. The van der Waals surface area contributed by atoms with E-state index < -0.39 is 5.54 Å². The molecule has 0 saturated carbocycles. The molecule has 0 aliphatic rings. The third-order valence-corrected chi connectivity index (χ3v) is 4.73. The minimum Gasteiger partial charge on any atom is -0.368 e. The number of thioether (sulfide) groups is 1. The van der Waals surface area contributed by atoms with Crippen molar-refractivity contribution in [3.05, 3.63) is 23.8 Å². The van der Waals surface area contributed by atoms with E-state index in [-0.39, 0.29) is 5.91 Å². The number of benzene rings is 1. The van der Waals surface area contributed by atoms with E-state index in [1.807, 2.05) is 13.0 Å². The third kappa shape index (κ3) is 3.77. The molecule has 0 radical (unpaired) electrons. The van der Waals surface area contributed by atoms with Crippen LogP contribution in [-0.4, -0.2) is 34.2 Å². The van der Waals surface area contributed by atoms with Gasteiger partial charge in [-0.15, -0.1) is 0 Å². The Morgan fingerprint density at radius 3 is 2.95 bits per heavy atom. The first-order chi connectivity index (χ1) is 9.94. The van der Waals surface area contributed by atoms with Crippen LogP contribution in [0.4, 0.5) is 0 Å². The van der Waals surface area contributed by atoms with E-state index in [2.05, 4.69) is 34.3 Å². The number of likely N-dealkylation sites (N-methyl/N-ethyl adjacent to an activating group) is 1. The van der Waals surface area contributed by atoms with Crippen molar-refractivity contribution in [1.29, 1.82) is 0 Å². The van der Waals surface area contributed by atoms with Crippen LogP contribution in [0.3, 0.4) is 0 Å². The van der Waals surface area contributed by atoms with Crippen molar-refractivity contribution < 1.29 is 4.79 Å². The fourth-order valence-electron chi connectivity index (χ4n) is 2.13. The average molecular weight is 306 g/mol. The molecule has 114 valence electrons. The quantitative estimate of drug-likeness (QED) is 0.541. The molecule has 1 atom stereocenters. The lowest BCUT2D eigenvalue weighted by atomic mass is 9.96. The lowest BCUT2D eigenvalue weighted by Crippen LogP contribution is -2.51. The maximum atomic E-state index is 11.4. The molecule has 4 N–H and O–H groups in total. The number of primary amides is 1. The molecule has 1 aromatic heterocycles. The molecule has 2 aromatic rings. The zero-order valence-corrected chi connectivity index (χ0v) is 13.5. The van der Waals surface area contributed by atoms with Gasteiger partial charge in [-0.2, -0.15) is 0 Å². The van der Waals surface area contributed by atoms with Gasteiger partial charge in [0.1, 0.15) is 0 Å². The van der Waals surface area contributed by atoms with E-state index in [4.69, 9.17) is 5.73 Å². The van der Waals surface area contributed by atoms with Crippen LogP contribution in [0.2, 0.25) is 0 Å². The summed E-state index contributed by atoms with van der Waals surface area (Å²) in [5.74, 6) is 0.581. The smallest absolute Gasteiger partial charge is 0.237 e. The minimum atomic E-state index is -0.633. The number of nitrogens with one attached hydrogen (secondary N) is 2. The Kier molecular flexibility index (Phi) is 4.90. The topological polar surface area (TPSA) is 83.8 Å². The molecule has 6 heteroatoms. The van der Waals surface area contributed by atoms with E-state index >= 15 is 0 Å². The van der Waals surface area contributed by atoms with Gasteiger partial charge in [0.05, 0.1) is 16.6 Å². The molecule has 1 amide bonds. The predicted molar refractivity (Wildman–Crippen MR) is 87.4 cm³/mol. The summed E-state index contributed by atoms with van der Waals surface area (Å²) in [6.07, 6.45) is 1.60. The second-order valence-corrected chi connectivity index (χ2v) is 6.54. The summed E-state index contributed by atoms with van der Waals surface area (Å²) >= 11 is 1.67. The van der Waals surface area contributed by atoms with Crippen molar-refractivity contribution in [1.82, 2.24) is 15.3 Å². The Morgan fingerprint density at radius 1 is 1.52 bits per heavy atom. The Labute approximate surface area is 129 Å². The number of fused-ring (bicyclic) bond motifs is 1. The molecule has 1 heterocycles. The number of aromatic nitrogens is 2. The van der Waals surface area contributed by atoms with Gasteiger partial charge in [0, 0.05) is 5.75 Å². The number of aromatic amines is 1. The average Bonchev–Trinajstić information content (AvgIpc) is 2.84. The summed E-state index contributed by atoms with van der Waals surface area (Å²) in [5, 5.41) is 3.91. The van der Waals surface area contributed by atoms with Gasteiger partial charge in [-0.05, 0) is 51.4 Å². The molecular weight excluding hydrogens is 284 g/mol. The molecule has 1 aromatic carbocycles. The van der Waals surface area contributed by atoms with Crippen molar-refractivity contribution in [2.24, 2.45) is 5.73 Å². The van der Waals surface area contributed by atoms with Gasteiger partial charge in [0.2, 0.25) is 5.91 Å². The zero-order chi connectivity index (χ0) is 15.5. The van der Waals surface area contributed by atoms with Crippen LogP contribution in [0.5, 0.6) is 0 Å². The first-order valence-corrected chi connectivity index (χ1v) is 8.01. The number of imidazole rings is 1. The number of nitrogens with zero attached hydrogens (tertiary/aromatic N) is 1.